The van der Waals surface area contributed by atoms with Crippen molar-refractivity contribution in [3.63, 3.8) is 0 Å². The summed E-state index contributed by atoms with van der Waals surface area (Å²) in [6.45, 7) is 34.9. The average Bonchev–Trinajstić information content (AvgIpc) is 1.45. The highest BCUT2D eigenvalue weighted by atomic mass is 15.2. The molecule has 0 saturated carbocycles. The molecule has 6 heteroatoms. The molecule has 0 saturated heterocycles. The van der Waals surface area contributed by atoms with E-state index in [1.165, 1.54) is 131 Å². The van der Waals surface area contributed by atoms with E-state index in [-0.39, 0.29) is 33.8 Å². The van der Waals surface area contributed by atoms with E-state index in [0.717, 1.165) is 95.3 Å². The van der Waals surface area contributed by atoms with E-state index >= 15 is 0 Å². The summed E-state index contributed by atoms with van der Waals surface area (Å²) in [5, 5.41) is 14.5. The molecule has 2 aliphatic heterocycles. The first kappa shape index (κ1) is 74.8. The van der Waals surface area contributed by atoms with Crippen molar-refractivity contribution in [2.75, 3.05) is 9.80 Å². The molecular weight excluding hydrogens is 1470 g/mol. The fourth-order valence-corrected chi connectivity index (χ4v) is 20.5. The van der Waals surface area contributed by atoms with Gasteiger partial charge < -0.3 is 23.3 Å². The van der Waals surface area contributed by atoms with E-state index in [2.05, 4.69) is 461 Å². The molecule has 16 aromatic carbocycles. The topological polar surface area (TPSA) is 20.8 Å². The first-order valence-electron chi connectivity index (χ1n) is 43.7. The highest BCUT2D eigenvalue weighted by Crippen LogP contribution is 2.57. The van der Waals surface area contributed by atoms with Gasteiger partial charge in [0.25, 0.3) is 6.71 Å². The second-order valence-corrected chi connectivity index (χ2v) is 39.7. The minimum atomic E-state index is -0.327. The van der Waals surface area contributed by atoms with E-state index in [0.29, 0.717) is 0 Å². The van der Waals surface area contributed by atoms with Crippen molar-refractivity contribution in [3.8, 4) is 44.8 Å². The summed E-state index contributed by atoms with van der Waals surface area (Å²) in [7, 11) is 0. The molecule has 5 nitrogen and oxygen atoms in total. The monoisotopic (exact) mass is 1570 g/mol. The Hall–Kier alpha value is -13.4. The number of hydrogen-bond donors (Lipinski definition) is 0. The fourth-order valence-electron chi connectivity index (χ4n) is 20.5. The summed E-state index contributed by atoms with van der Waals surface area (Å²) in [5.41, 5.74) is 33.4. The Morgan fingerprint density at radius 1 is 0.221 bits per heavy atom. The number of nitrogens with zero attached hydrogens (tertiary/aromatic N) is 5. The average molecular weight is 1570 g/mol. The Labute approximate surface area is 716 Å². The maximum absolute atomic E-state index is 2.82. The first-order chi connectivity index (χ1) is 58.7. The minimum absolute atomic E-state index is 0.0741. The molecule has 0 spiro atoms. The van der Waals surface area contributed by atoms with Gasteiger partial charge in [-0.2, -0.15) is 0 Å². The Bertz CT molecular complexity index is 7610. The second-order valence-electron chi connectivity index (χ2n) is 39.7. The third-order valence-electron chi connectivity index (χ3n) is 26.9. The second kappa shape index (κ2) is 27.0. The van der Waals surface area contributed by atoms with Crippen LogP contribution in [0.1, 0.15) is 132 Å². The molecule has 6 heterocycles. The van der Waals surface area contributed by atoms with Gasteiger partial charge in [0, 0.05) is 88.3 Å². The number of hydrogen-bond acceptors (Lipinski definition) is 2. The molecule has 122 heavy (non-hydrogen) atoms. The van der Waals surface area contributed by atoms with Crippen molar-refractivity contribution < 1.29 is 0 Å². The van der Waals surface area contributed by atoms with Crippen molar-refractivity contribution in [1.29, 1.82) is 0 Å². The van der Waals surface area contributed by atoms with E-state index in [1.54, 1.807) is 0 Å². The molecule has 0 radical (unpaired) electrons. The van der Waals surface area contributed by atoms with Gasteiger partial charge in [-0.05, 0) is 224 Å². The van der Waals surface area contributed by atoms with Crippen LogP contribution in [0, 0.1) is 0 Å². The zero-order valence-electron chi connectivity index (χ0n) is 72.6. The smallest absolute Gasteiger partial charge is 0.252 e. The van der Waals surface area contributed by atoms with Crippen molar-refractivity contribution >= 4 is 160 Å². The predicted molar refractivity (Wildman–Crippen MR) is 526 cm³/mol. The predicted octanol–water partition coefficient (Wildman–Crippen LogP) is 30.0. The van der Waals surface area contributed by atoms with Crippen LogP contribution in [0.2, 0.25) is 0 Å². The molecule has 22 rings (SSSR count). The highest BCUT2D eigenvalue weighted by molar-refractivity contribution is 7.00. The largest absolute Gasteiger partial charge is 0.311 e. The summed E-state index contributed by atoms with van der Waals surface area (Å²) in [4.78, 5) is 5.50. The van der Waals surface area contributed by atoms with Crippen LogP contribution >= 0.6 is 0 Å². The van der Waals surface area contributed by atoms with Crippen molar-refractivity contribution in [2.45, 2.75) is 131 Å². The number of fused-ring (bicyclic) bond motifs is 21. The molecule has 0 aliphatic carbocycles. The van der Waals surface area contributed by atoms with Crippen molar-refractivity contribution in [2.24, 2.45) is 0 Å². The molecule has 0 unspecified atom stereocenters. The van der Waals surface area contributed by atoms with Gasteiger partial charge in [0.1, 0.15) is 0 Å². The molecule has 0 N–H and O–H groups in total. The van der Waals surface area contributed by atoms with Crippen molar-refractivity contribution in [1.82, 2.24) is 13.5 Å². The van der Waals surface area contributed by atoms with Crippen LogP contribution in [0.4, 0.5) is 34.1 Å². The number of rotatable bonds is 7. The molecule has 592 valence electrons. The Kier molecular flexibility index (Phi) is 16.6. The van der Waals surface area contributed by atoms with E-state index in [9.17, 15) is 0 Å². The van der Waals surface area contributed by atoms with E-state index < -0.39 is 0 Å². The van der Waals surface area contributed by atoms with Crippen LogP contribution in [-0.4, -0.2) is 20.2 Å². The summed E-state index contributed by atoms with van der Waals surface area (Å²) in [6.07, 6.45) is 0. The summed E-state index contributed by atoms with van der Waals surface area (Å²) < 4.78 is 7.85. The van der Waals surface area contributed by atoms with Gasteiger partial charge in [-0.3, -0.25) is 0 Å². The van der Waals surface area contributed by atoms with Crippen LogP contribution in [0.3, 0.4) is 0 Å². The lowest BCUT2D eigenvalue weighted by molar-refractivity contribution is 0.590. The molecule has 0 bridgehead atoms. The summed E-state index contributed by atoms with van der Waals surface area (Å²) in [6, 6.07) is 130. The molecule has 0 atom stereocenters. The third kappa shape index (κ3) is 11.6. The summed E-state index contributed by atoms with van der Waals surface area (Å²) >= 11 is 0. The van der Waals surface area contributed by atoms with Crippen LogP contribution < -0.4 is 26.2 Å². The molecule has 4 aromatic heterocycles. The zero-order chi connectivity index (χ0) is 83.5. The van der Waals surface area contributed by atoms with Crippen LogP contribution in [0.25, 0.3) is 148 Å². The van der Waals surface area contributed by atoms with Crippen molar-refractivity contribution in [3.05, 3.63) is 361 Å². The normalized spacial score (nSPS) is 13.3. The van der Waals surface area contributed by atoms with E-state index in [1.807, 2.05) is 0 Å². The lowest BCUT2D eigenvalue weighted by atomic mass is 9.33. The van der Waals surface area contributed by atoms with Gasteiger partial charge in [0.05, 0.1) is 50.0 Å². The molecule has 0 fully saturated rings. The van der Waals surface area contributed by atoms with Gasteiger partial charge in [-0.1, -0.05) is 328 Å². The number of para-hydroxylation sites is 2. The maximum Gasteiger partial charge on any atom is 0.252 e. The van der Waals surface area contributed by atoms with Crippen LogP contribution in [-0.2, 0) is 27.1 Å². The number of anilines is 6. The quantitative estimate of drug-likeness (QED) is 0.148. The van der Waals surface area contributed by atoms with Gasteiger partial charge in [-0.15, -0.1) is 0 Å². The van der Waals surface area contributed by atoms with Crippen LogP contribution in [0.5, 0.6) is 0 Å². The Morgan fingerprint density at radius 2 is 0.582 bits per heavy atom. The highest BCUT2D eigenvalue weighted by Gasteiger charge is 2.47. The lowest BCUT2D eigenvalue weighted by Gasteiger charge is -2.45. The molecule has 0 amide bonds. The van der Waals surface area contributed by atoms with Gasteiger partial charge in [0.15, 0.2) is 0 Å². The molecule has 2 aliphatic rings. The lowest BCUT2D eigenvalue weighted by Crippen LogP contribution is -2.61. The van der Waals surface area contributed by atoms with Crippen LogP contribution in [0.15, 0.2) is 334 Å². The van der Waals surface area contributed by atoms with E-state index in [4.69, 9.17) is 0 Å². The van der Waals surface area contributed by atoms with Gasteiger partial charge >= 0.3 is 0 Å². The van der Waals surface area contributed by atoms with Gasteiger partial charge in [-0.25, -0.2) is 0 Å². The number of aromatic nitrogens is 3. The number of benzene rings is 16. The fraction of sp³-hybridized carbons (Fsp3) is 0.172. The Balaban J connectivity index is 0.968. The minimum Gasteiger partial charge on any atom is -0.311 e. The molecule has 20 aromatic rings. The first-order valence-corrected chi connectivity index (χ1v) is 43.7. The summed E-state index contributed by atoms with van der Waals surface area (Å²) in [5.74, 6) is 0. The van der Waals surface area contributed by atoms with Gasteiger partial charge in [0.2, 0.25) is 0 Å². The maximum atomic E-state index is 2.82. The SMILES string of the molecule is CC(C)(C)c1cc(-c2ccccc2)c(N2c3cc(-n4c5ccc(C(C)(C)C)cc5c5cc(C(C)(C)C)ccc54)ccc3B3c4ccc(-n5c6ccc(C(C)(C)C)cc6c6cc(C(C)(C)C)ccc65)cc4N(c4ccc(-c5ccccc5)cc4)c4cc5c(c2c43)c2cccc3c4ccccc4c4ccccc4c4ccccc4n5c32)c(-c2ccccc2)c1. The molecular formula is C116H100BN5. The zero-order valence-corrected chi connectivity index (χ0v) is 72.6. The third-order valence-corrected chi connectivity index (χ3v) is 26.9. The standard InChI is InChI=1S/C116H100BN5/c1-112(2,3)75-48-58-99-92(62-75)93-63-76(113(4,5)6)49-59-100(93)119(99)81-54-56-96-103(68-81)118(80-52-46-72(47-53-80)71-32-19-16-20-33-71)106-70-105-107(89-44-31-43-88-86-41-28-26-39-84(86)83-38-25-27-40-85(83)87-42-29-30-45-98(87)121(105)109(88)89)111-108(106)117(96)97-57-55-82(120-101-60-50-77(114(7,8)9)64-94(101)95-65-78(115(10,11)12)51-61-102(95)120)69-104(97)122(111)110-90(73-34-21-17-22-35-73)66-79(116(13,14)15)67-91(110)74-36-23-18-24-37-74/h16-70H,1-15H3. The Morgan fingerprint density at radius 3 is 1.02 bits per heavy atom.